The monoisotopic (exact) mass is 351 g/mol. The third-order valence-electron chi connectivity index (χ3n) is 4.27. The van der Waals surface area contributed by atoms with Gasteiger partial charge in [-0.05, 0) is 18.2 Å². The van der Waals surface area contributed by atoms with Crippen molar-refractivity contribution in [3.63, 3.8) is 0 Å². The molecule has 1 amide bonds. The van der Waals surface area contributed by atoms with Gasteiger partial charge in [0.05, 0.1) is 36.6 Å². The maximum absolute atomic E-state index is 13.3. The minimum Gasteiger partial charge on any atom is -0.378 e. The smallest absolute Gasteiger partial charge is 0.253 e. The summed E-state index contributed by atoms with van der Waals surface area (Å²) in [5, 5.41) is 0.804. The number of hydrogen-bond acceptors (Lipinski definition) is 6. The second kappa shape index (κ2) is 6.62. The molecule has 0 bridgehead atoms. The van der Waals surface area contributed by atoms with Crippen molar-refractivity contribution in [2.75, 3.05) is 50.9 Å². The molecule has 6 nitrogen and oxygen atoms in total. The minimum atomic E-state index is -0.486. The molecule has 1 unspecified atom stereocenters. The van der Waals surface area contributed by atoms with Crippen LogP contribution >= 0.6 is 11.3 Å². The number of amides is 1. The molecular weight excluding hydrogens is 333 g/mol. The van der Waals surface area contributed by atoms with Crippen molar-refractivity contribution in [1.29, 1.82) is 0 Å². The van der Waals surface area contributed by atoms with Crippen LogP contribution in [0, 0.1) is 5.82 Å². The van der Waals surface area contributed by atoms with E-state index in [9.17, 15) is 9.18 Å². The number of hydrogen-bond donors (Lipinski definition) is 0. The highest BCUT2D eigenvalue weighted by atomic mass is 32.1. The number of benzene rings is 1. The molecule has 2 aliphatic heterocycles. The van der Waals surface area contributed by atoms with Gasteiger partial charge in [-0.3, -0.25) is 4.79 Å². The lowest BCUT2D eigenvalue weighted by molar-refractivity contribution is -0.148. The highest BCUT2D eigenvalue weighted by molar-refractivity contribution is 7.22. The molecule has 0 saturated carbocycles. The van der Waals surface area contributed by atoms with Crippen LogP contribution in [0.4, 0.5) is 9.52 Å². The normalized spacial score (nSPS) is 22.1. The molecule has 2 aromatic rings. The Balaban J connectivity index is 1.50. The van der Waals surface area contributed by atoms with E-state index in [0.29, 0.717) is 46.0 Å². The molecule has 0 radical (unpaired) electrons. The first-order valence-electron chi connectivity index (χ1n) is 8.00. The lowest BCUT2D eigenvalue weighted by Gasteiger charge is -2.36. The first-order chi connectivity index (χ1) is 11.7. The minimum absolute atomic E-state index is 0.00940. The fourth-order valence-electron chi connectivity index (χ4n) is 2.98. The second-order valence-electron chi connectivity index (χ2n) is 5.85. The molecule has 1 aromatic carbocycles. The van der Waals surface area contributed by atoms with E-state index in [4.69, 9.17) is 9.47 Å². The fraction of sp³-hybridized carbons (Fsp3) is 0.500. The summed E-state index contributed by atoms with van der Waals surface area (Å²) < 4.78 is 25.1. The molecule has 0 N–H and O–H groups in total. The average Bonchev–Trinajstić information content (AvgIpc) is 3.05. The molecule has 0 aliphatic carbocycles. The topological polar surface area (TPSA) is 54.9 Å². The first kappa shape index (κ1) is 15.7. The first-order valence-corrected chi connectivity index (χ1v) is 8.81. The molecule has 24 heavy (non-hydrogen) atoms. The van der Waals surface area contributed by atoms with Crippen LogP contribution in [-0.4, -0.2) is 67.9 Å². The number of morpholine rings is 2. The number of aromatic nitrogens is 1. The summed E-state index contributed by atoms with van der Waals surface area (Å²) in [5.74, 6) is -0.254. The van der Waals surface area contributed by atoms with Crippen LogP contribution in [0.1, 0.15) is 0 Å². The third kappa shape index (κ3) is 3.09. The number of carbonyl (C=O) groups excluding carboxylic acids is 1. The summed E-state index contributed by atoms with van der Waals surface area (Å²) >= 11 is 1.44. The lowest BCUT2D eigenvalue weighted by Crippen LogP contribution is -2.53. The van der Waals surface area contributed by atoms with Gasteiger partial charge < -0.3 is 19.3 Å². The number of fused-ring (bicyclic) bond motifs is 1. The van der Waals surface area contributed by atoms with Crippen molar-refractivity contribution in [1.82, 2.24) is 9.88 Å². The summed E-state index contributed by atoms with van der Waals surface area (Å²) in [4.78, 5) is 21.0. The van der Waals surface area contributed by atoms with Crippen molar-refractivity contribution in [2.45, 2.75) is 6.10 Å². The van der Waals surface area contributed by atoms with Gasteiger partial charge in [0.2, 0.25) is 0 Å². The van der Waals surface area contributed by atoms with Gasteiger partial charge in [-0.1, -0.05) is 11.3 Å². The number of rotatable bonds is 2. The third-order valence-corrected chi connectivity index (χ3v) is 5.35. The van der Waals surface area contributed by atoms with E-state index >= 15 is 0 Å². The Bertz CT molecular complexity index is 747. The van der Waals surface area contributed by atoms with Gasteiger partial charge in [-0.15, -0.1) is 0 Å². The van der Waals surface area contributed by atoms with Crippen LogP contribution in [0.25, 0.3) is 10.2 Å². The highest BCUT2D eigenvalue weighted by Gasteiger charge is 2.32. The summed E-state index contributed by atoms with van der Waals surface area (Å²) in [6, 6.07) is 4.59. The summed E-state index contributed by atoms with van der Waals surface area (Å²) in [5.41, 5.74) is 0.777. The maximum atomic E-state index is 13.3. The van der Waals surface area contributed by atoms with Crippen LogP contribution in [0.3, 0.4) is 0 Å². The number of halogens is 1. The van der Waals surface area contributed by atoms with Crippen LogP contribution in [0.2, 0.25) is 0 Å². The van der Waals surface area contributed by atoms with E-state index < -0.39 is 6.10 Å². The Morgan fingerprint density at radius 2 is 2.08 bits per heavy atom. The van der Waals surface area contributed by atoms with Gasteiger partial charge >= 0.3 is 0 Å². The quantitative estimate of drug-likeness (QED) is 0.821. The van der Waals surface area contributed by atoms with Crippen LogP contribution in [0.15, 0.2) is 18.2 Å². The van der Waals surface area contributed by atoms with E-state index in [-0.39, 0.29) is 11.7 Å². The molecule has 2 fully saturated rings. The Hall–Kier alpha value is -1.77. The van der Waals surface area contributed by atoms with Crippen LogP contribution in [-0.2, 0) is 14.3 Å². The van der Waals surface area contributed by atoms with Gasteiger partial charge in [-0.2, -0.15) is 0 Å². The fourth-order valence-corrected chi connectivity index (χ4v) is 4.01. The summed E-state index contributed by atoms with van der Waals surface area (Å²) in [6.07, 6.45) is -0.486. The van der Waals surface area contributed by atoms with Crippen molar-refractivity contribution >= 4 is 32.6 Å². The Kier molecular flexibility index (Phi) is 4.34. The van der Waals surface area contributed by atoms with Gasteiger partial charge in [0.1, 0.15) is 5.82 Å². The molecule has 128 valence electrons. The summed E-state index contributed by atoms with van der Waals surface area (Å²) in [7, 11) is 0. The van der Waals surface area contributed by atoms with E-state index in [1.165, 1.54) is 23.5 Å². The van der Waals surface area contributed by atoms with Gasteiger partial charge in [0.15, 0.2) is 11.2 Å². The van der Waals surface area contributed by atoms with Crippen LogP contribution < -0.4 is 4.90 Å². The molecular formula is C16H18FN3O3S. The van der Waals surface area contributed by atoms with E-state index in [0.717, 1.165) is 15.3 Å². The van der Waals surface area contributed by atoms with Crippen molar-refractivity contribution in [2.24, 2.45) is 0 Å². The van der Waals surface area contributed by atoms with Crippen molar-refractivity contribution < 1.29 is 18.7 Å². The predicted molar refractivity (Wildman–Crippen MR) is 88.9 cm³/mol. The number of thiazole rings is 1. The molecule has 8 heteroatoms. The molecule has 1 aromatic heterocycles. The van der Waals surface area contributed by atoms with Gasteiger partial charge in [0, 0.05) is 19.6 Å². The Morgan fingerprint density at radius 3 is 2.92 bits per heavy atom. The highest BCUT2D eigenvalue weighted by Crippen LogP contribution is 2.30. The Labute approximate surface area is 142 Å². The molecule has 0 spiro atoms. The molecule has 1 atom stereocenters. The van der Waals surface area contributed by atoms with E-state index in [1.54, 1.807) is 11.0 Å². The van der Waals surface area contributed by atoms with Crippen molar-refractivity contribution in [3.8, 4) is 0 Å². The van der Waals surface area contributed by atoms with Crippen molar-refractivity contribution in [3.05, 3.63) is 24.0 Å². The standard InChI is InChI=1S/C16H18FN3O3S/c17-11-1-2-12-14(9-11)24-16(18-12)20-5-8-23-13(10-20)15(21)19-3-6-22-7-4-19/h1-2,9,13H,3-8,10H2. The van der Waals surface area contributed by atoms with Gasteiger partial charge in [-0.25, -0.2) is 9.37 Å². The zero-order chi connectivity index (χ0) is 16.5. The SMILES string of the molecule is O=C(C1CN(c2nc3ccc(F)cc3s2)CCO1)N1CCOCC1. The maximum Gasteiger partial charge on any atom is 0.253 e. The number of carbonyl (C=O) groups is 1. The predicted octanol–water partition coefficient (Wildman–Crippen LogP) is 1.50. The average molecular weight is 351 g/mol. The molecule has 3 heterocycles. The zero-order valence-electron chi connectivity index (χ0n) is 13.1. The number of nitrogens with zero attached hydrogens (tertiary/aromatic N) is 3. The number of ether oxygens (including phenoxy) is 2. The number of anilines is 1. The van der Waals surface area contributed by atoms with Gasteiger partial charge in [0.25, 0.3) is 5.91 Å². The van der Waals surface area contributed by atoms with Crippen LogP contribution in [0.5, 0.6) is 0 Å². The molecule has 4 rings (SSSR count). The molecule has 2 aliphatic rings. The second-order valence-corrected chi connectivity index (χ2v) is 6.86. The summed E-state index contributed by atoms with van der Waals surface area (Å²) in [6.45, 7) is 3.99. The van der Waals surface area contributed by atoms with E-state index in [2.05, 4.69) is 9.88 Å². The van der Waals surface area contributed by atoms with E-state index in [1.807, 2.05) is 0 Å². The largest absolute Gasteiger partial charge is 0.378 e. The zero-order valence-corrected chi connectivity index (χ0v) is 13.9. The molecule has 2 saturated heterocycles. The lowest BCUT2D eigenvalue weighted by atomic mass is 10.2. The Morgan fingerprint density at radius 1 is 1.25 bits per heavy atom.